The van der Waals surface area contributed by atoms with Crippen molar-refractivity contribution in [3.8, 4) is 0 Å². The molecule has 1 N–H and O–H groups in total. The van der Waals surface area contributed by atoms with Crippen molar-refractivity contribution in [2.45, 2.75) is 31.7 Å². The number of hydrogen-bond acceptors (Lipinski definition) is 8. The molecule has 1 saturated heterocycles. The van der Waals surface area contributed by atoms with Gasteiger partial charge in [0.15, 0.2) is 0 Å². The number of halogens is 3. The summed E-state index contributed by atoms with van der Waals surface area (Å²) in [4.78, 5) is 30.3. The monoisotopic (exact) mass is 717 g/mol. The molecule has 10 nitrogen and oxygen atoms in total. The first-order valence-electron chi connectivity index (χ1n) is 15.9. The van der Waals surface area contributed by atoms with Crippen molar-refractivity contribution in [2.24, 2.45) is 0 Å². The van der Waals surface area contributed by atoms with E-state index in [1.54, 1.807) is 19.2 Å². The lowest BCUT2D eigenvalue weighted by Crippen LogP contribution is -2.39. The fourth-order valence-electron chi connectivity index (χ4n) is 5.11. The molecule has 47 heavy (non-hydrogen) atoms. The largest absolute Gasteiger partial charge is 0.382 e. The first kappa shape index (κ1) is 41.2. The van der Waals surface area contributed by atoms with Crippen LogP contribution in [0.25, 0.3) is 0 Å². The molecule has 3 rings (SSSR count). The topological polar surface area (TPSA) is 98.8 Å². The second kappa shape index (κ2) is 24.2. The van der Waals surface area contributed by atoms with Crippen molar-refractivity contribution in [3.05, 3.63) is 69.2 Å². The number of carbonyl (C=O) groups is 2. The van der Waals surface area contributed by atoms with Crippen LogP contribution in [0.4, 0.5) is 0 Å². The number of nitrogens with one attached hydrogen (secondary N) is 1. The molecule has 0 spiro atoms. The maximum Gasteiger partial charge on any atom is 0.227 e. The van der Waals surface area contributed by atoms with Gasteiger partial charge < -0.3 is 38.8 Å². The standard InChI is InChI=1S/C34H49Cl2N3O7.ClH/c1-38(34(41)25-28-8-9-30(35)31(36)23-28)32(26-39-11-3-4-12-39)29-7-5-6-27(22-29)24-33(40)37-10-13-43-16-17-45-20-21-46-19-18-44-15-14-42-2;/h5-9,22-23,32H,3-4,10-21,24-26H2,1-2H3,(H,37,40);1H/t32-;/m1./s1. The second-order valence-corrected chi connectivity index (χ2v) is 12.0. The van der Waals surface area contributed by atoms with Gasteiger partial charge >= 0.3 is 0 Å². The summed E-state index contributed by atoms with van der Waals surface area (Å²) in [6.07, 6.45) is 2.78. The van der Waals surface area contributed by atoms with E-state index in [0.29, 0.717) is 76.1 Å². The van der Waals surface area contributed by atoms with Crippen molar-refractivity contribution in [3.63, 3.8) is 0 Å². The normalized spacial score (nSPS) is 13.7. The Hall–Kier alpha value is -1.99. The number of benzene rings is 2. The molecule has 0 aliphatic carbocycles. The van der Waals surface area contributed by atoms with Crippen LogP contribution in [0.3, 0.4) is 0 Å². The Bertz CT molecular complexity index is 1190. The first-order valence-corrected chi connectivity index (χ1v) is 16.7. The molecule has 2 aromatic rings. The lowest BCUT2D eigenvalue weighted by Gasteiger charge is -2.32. The highest BCUT2D eigenvalue weighted by atomic mass is 35.5. The third-order valence-corrected chi connectivity index (χ3v) is 8.39. The summed E-state index contributed by atoms with van der Waals surface area (Å²) in [6, 6.07) is 13.1. The van der Waals surface area contributed by atoms with E-state index in [4.69, 9.17) is 46.9 Å². The number of methoxy groups -OCH3 is 1. The van der Waals surface area contributed by atoms with Gasteiger partial charge in [-0.05, 0) is 54.8 Å². The zero-order valence-corrected chi connectivity index (χ0v) is 29.9. The van der Waals surface area contributed by atoms with Crippen molar-refractivity contribution in [1.82, 2.24) is 15.1 Å². The Kier molecular flexibility index (Phi) is 21.2. The minimum absolute atomic E-state index is 0. The quantitative estimate of drug-likeness (QED) is 0.166. The highest BCUT2D eigenvalue weighted by Crippen LogP contribution is 2.26. The van der Waals surface area contributed by atoms with Gasteiger partial charge in [0.2, 0.25) is 11.8 Å². The number of amides is 2. The molecule has 0 unspecified atom stereocenters. The van der Waals surface area contributed by atoms with Gasteiger partial charge in [-0.15, -0.1) is 12.4 Å². The molecule has 0 radical (unpaired) electrons. The fraction of sp³-hybridized carbons (Fsp3) is 0.588. The van der Waals surface area contributed by atoms with Crippen LogP contribution in [0.5, 0.6) is 0 Å². The van der Waals surface area contributed by atoms with E-state index in [1.807, 2.05) is 42.3 Å². The lowest BCUT2D eigenvalue weighted by molar-refractivity contribution is -0.131. The van der Waals surface area contributed by atoms with E-state index in [1.165, 1.54) is 0 Å². The van der Waals surface area contributed by atoms with Gasteiger partial charge in [-0.1, -0.05) is 53.5 Å². The SMILES string of the molecule is COCCOCCOCCOCCOCCNC(=O)Cc1cccc([C@@H](CN2CCCC2)N(C)C(=O)Cc2ccc(Cl)c(Cl)c2)c1.Cl. The maximum absolute atomic E-state index is 13.4. The molecule has 1 heterocycles. The molecule has 13 heteroatoms. The summed E-state index contributed by atoms with van der Waals surface area (Å²) >= 11 is 12.2. The summed E-state index contributed by atoms with van der Waals surface area (Å²) < 4.78 is 26.7. The molecule has 1 aliphatic heterocycles. The number of nitrogens with zero attached hydrogens (tertiary/aromatic N) is 2. The van der Waals surface area contributed by atoms with Gasteiger partial charge in [-0.25, -0.2) is 0 Å². The average Bonchev–Trinajstić information content (AvgIpc) is 3.57. The van der Waals surface area contributed by atoms with Crippen molar-refractivity contribution >= 4 is 47.4 Å². The van der Waals surface area contributed by atoms with E-state index in [0.717, 1.165) is 49.2 Å². The number of ether oxygens (including phenoxy) is 5. The Morgan fingerprint density at radius 1 is 0.809 bits per heavy atom. The van der Waals surface area contributed by atoms with Gasteiger partial charge in [0, 0.05) is 27.2 Å². The van der Waals surface area contributed by atoms with E-state index in [9.17, 15) is 9.59 Å². The Balaban J connectivity index is 0.00000768. The first-order chi connectivity index (χ1) is 22.4. The minimum atomic E-state index is -0.154. The number of hydrogen-bond donors (Lipinski definition) is 1. The highest BCUT2D eigenvalue weighted by Gasteiger charge is 2.26. The highest BCUT2D eigenvalue weighted by molar-refractivity contribution is 6.42. The molecular formula is C34H50Cl3N3O7. The van der Waals surface area contributed by atoms with Crippen LogP contribution >= 0.6 is 35.6 Å². The average molecular weight is 719 g/mol. The smallest absolute Gasteiger partial charge is 0.227 e. The number of likely N-dealkylation sites (N-methyl/N-ethyl adjacent to an activating group) is 1. The van der Waals surface area contributed by atoms with E-state index in [-0.39, 0.29) is 43.1 Å². The molecule has 0 bridgehead atoms. The maximum atomic E-state index is 13.4. The molecule has 2 amide bonds. The molecular weight excluding hydrogens is 669 g/mol. The summed E-state index contributed by atoms with van der Waals surface area (Å²) in [5.74, 6) is -0.0931. The number of likely N-dealkylation sites (tertiary alicyclic amines) is 1. The van der Waals surface area contributed by atoms with Crippen LogP contribution in [0, 0.1) is 0 Å². The number of carbonyl (C=O) groups excluding carboxylic acids is 2. The van der Waals surface area contributed by atoms with Gasteiger partial charge in [0.1, 0.15) is 0 Å². The van der Waals surface area contributed by atoms with E-state index < -0.39 is 0 Å². The van der Waals surface area contributed by atoms with Crippen molar-refractivity contribution in [1.29, 1.82) is 0 Å². The summed E-state index contributed by atoms with van der Waals surface area (Å²) in [5.41, 5.74) is 2.71. The summed E-state index contributed by atoms with van der Waals surface area (Å²) in [6.45, 7) is 7.63. The second-order valence-electron chi connectivity index (χ2n) is 11.2. The molecule has 0 aromatic heterocycles. The Morgan fingerprint density at radius 3 is 2.02 bits per heavy atom. The predicted octanol–water partition coefficient (Wildman–Crippen LogP) is 4.62. The Labute approximate surface area is 295 Å². The van der Waals surface area contributed by atoms with Crippen molar-refractivity contribution in [2.75, 3.05) is 99.8 Å². The van der Waals surface area contributed by atoms with Gasteiger partial charge in [-0.2, -0.15) is 0 Å². The van der Waals surface area contributed by atoms with Gasteiger partial charge in [0.05, 0.1) is 88.4 Å². The lowest BCUT2D eigenvalue weighted by atomic mass is 10.00. The molecule has 1 fully saturated rings. The van der Waals surface area contributed by atoms with Crippen LogP contribution in [0.15, 0.2) is 42.5 Å². The van der Waals surface area contributed by atoms with Gasteiger partial charge in [-0.3, -0.25) is 9.59 Å². The third-order valence-electron chi connectivity index (χ3n) is 7.65. The summed E-state index contributed by atoms with van der Waals surface area (Å²) in [7, 11) is 3.49. The van der Waals surface area contributed by atoms with Crippen LogP contribution in [0.2, 0.25) is 10.0 Å². The zero-order chi connectivity index (χ0) is 33.0. The van der Waals surface area contributed by atoms with Crippen molar-refractivity contribution < 1.29 is 33.3 Å². The van der Waals surface area contributed by atoms with Crippen LogP contribution < -0.4 is 5.32 Å². The molecule has 2 aromatic carbocycles. The van der Waals surface area contributed by atoms with E-state index in [2.05, 4.69) is 10.2 Å². The summed E-state index contributed by atoms with van der Waals surface area (Å²) in [5, 5.41) is 3.82. The third kappa shape index (κ3) is 16.3. The molecule has 264 valence electrons. The fourth-order valence-corrected chi connectivity index (χ4v) is 5.43. The van der Waals surface area contributed by atoms with Gasteiger partial charge in [0.25, 0.3) is 0 Å². The number of rotatable bonds is 23. The van der Waals surface area contributed by atoms with Crippen LogP contribution in [-0.4, -0.2) is 121 Å². The molecule has 0 saturated carbocycles. The molecule has 1 atom stereocenters. The molecule has 1 aliphatic rings. The van der Waals surface area contributed by atoms with Crippen LogP contribution in [-0.2, 0) is 46.1 Å². The minimum Gasteiger partial charge on any atom is -0.382 e. The Morgan fingerprint density at radius 2 is 1.40 bits per heavy atom. The van der Waals surface area contributed by atoms with Crippen LogP contribution in [0.1, 0.15) is 35.6 Å². The van der Waals surface area contributed by atoms with E-state index >= 15 is 0 Å². The predicted molar refractivity (Wildman–Crippen MR) is 187 cm³/mol. The zero-order valence-electron chi connectivity index (χ0n) is 27.6.